The van der Waals surface area contributed by atoms with Gasteiger partial charge in [-0.1, -0.05) is 44.0 Å². The smallest absolute Gasteiger partial charge is 0.225 e. The van der Waals surface area contributed by atoms with Crippen molar-refractivity contribution in [3.05, 3.63) is 59.7 Å². The molecule has 1 heterocycles. The first-order valence-corrected chi connectivity index (χ1v) is 10.9. The second kappa shape index (κ2) is 10.8. The van der Waals surface area contributed by atoms with E-state index in [2.05, 4.69) is 12.2 Å². The molecule has 1 N–H and O–H groups in total. The summed E-state index contributed by atoms with van der Waals surface area (Å²) in [6, 6.07) is 15.4. The zero-order valence-corrected chi connectivity index (χ0v) is 18.6. The standard InChI is InChI=1S/C25H32N2O4/c1-4-5-6-23(19-9-13-22(31-3)14-10-19)26-25(29)20-15-24(28)27(17-20)16-18-7-11-21(30-2)12-8-18/h7-14,20,23H,4-6,15-17H2,1-3H3,(H,26,29). The molecule has 2 unspecified atom stereocenters. The van der Waals surface area contributed by atoms with E-state index in [9.17, 15) is 9.59 Å². The average Bonchev–Trinajstić information content (AvgIpc) is 3.17. The van der Waals surface area contributed by atoms with Crippen LogP contribution in [0.3, 0.4) is 0 Å². The van der Waals surface area contributed by atoms with Gasteiger partial charge in [0.1, 0.15) is 11.5 Å². The van der Waals surface area contributed by atoms with Crippen LogP contribution in [-0.2, 0) is 16.1 Å². The van der Waals surface area contributed by atoms with Crippen molar-refractivity contribution in [3.63, 3.8) is 0 Å². The number of benzene rings is 2. The number of rotatable bonds is 10. The van der Waals surface area contributed by atoms with Crippen LogP contribution in [0.4, 0.5) is 0 Å². The van der Waals surface area contributed by atoms with Crippen LogP contribution in [0.2, 0.25) is 0 Å². The number of nitrogens with one attached hydrogen (secondary N) is 1. The molecular formula is C25H32N2O4. The van der Waals surface area contributed by atoms with Gasteiger partial charge in [-0.2, -0.15) is 0 Å². The number of unbranched alkanes of at least 4 members (excludes halogenated alkanes) is 1. The Hall–Kier alpha value is -3.02. The van der Waals surface area contributed by atoms with Gasteiger partial charge in [0, 0.05) is 19.5 Å². The number of likely N-dealkylation sites (tertiary alicyclic amines) is 1. The zero-order chi connectivity index (χ0) is 22.2. The SMILES string of the molecule is CCCCC(NC(=O)C1CC(=O)N(Cc2ccc(OC)cc2)C1)c1ccc(OC)cc1. The Morgan fingerprint density at radius 1 is 1.06 bits per heavy atom. The van der Waals surface area contributed by atoms with Crippen LogP contribution < -0.4 is 14.8 Å². The maximum atomic E-state index is 13.0. The molecule has 0 aliphatic carbocycles. The Kier molecular flexibility index (Phi) is 7.93. The molecule has 2 atom stereocenters. The van der Waals surface area contributed by atoms with Crippen molar-refractivity contribution in [2.45, 2.75) is 45.2 Å². The zero-order valence-electron chi connectivity index (χ0n) is 18.6. The molecule has 3 rings (SSSR count). The highest BCUT2D eigenvalue weighted by atomic mass is 16.5. The van der Waals surface area contributed by atoms with Crippen LogP contribution >= 0.6 is 0 Å². The fraction of sp³-hybridized carbons (Fsp3) is 0.440. The van der Waals surface area contributed by atoms with E-state index >= 15 is 0 Å². The molecule has 2 amide bonds. The van der Waals surface area contributed by atoms with Gasteiger partial charge < -0.3 is 19.7 Å². The molecular weight excluding hydrogens is 392 g/mol. The lowest BCUT2D eigenvalue weighted by atomic mass is 9.99. The second-order valence-electron chi connectivity index (χ2n) is 8.00. The van der Waals surface area contributed by atoms with E-state index in [1.54, 1.807) is 19.1 Å². The molecule has 6 heteroatoms. The molecule has 0 radical (unpaired) electrons. The Balaban J connectivity index is 1.62. The van der Waals surface area contributed by atoms with Gasteiger partial charge in [0.25, 0.3) is 0 Å². The molecule has 1 saturated heterocycles. The minimum absolute atomic E-state index is 0.0190. The van der Waals surface area contributed by atoms with Crippen molar-refractivity contribution in [2.75, 3.05) is 20.8 Å². The van der Waals surface area contributed by atoms with Crippen LogP contribution in [0.5, 0.6) is 11.5 Å². The van der Waals surface area contributed by atoms with Crippen LogP contribution in [0.15, 0.2) is 48.5 Å². The maximum Gasteiger partial charge on any atom is 0.225 e. The lowest BCUT2D eigenvalue weighted by Crippen LogP contribution is -2.35. The van der Waals surface area contributed by atoms with Crippen LogP contribution in [-0.4, -0.2) is 37.5 Å². The van der Waals surface area contributed by atoms with Crippen molar-refractivity contribution in [2.24, 2.45) is 5.92 Å². The first-order valence-electron chi connectivity index (χ1n) is 10.9. The third-order valence-electron chi connectivity index (χ3n) is 5.80. The van der Waals surface area contributed by atoms with E-state index in [1.807, 2.05) is 48.5 Å². The van der Waals surface area contributed by atoms with E-state index in [0.29, 0.717) is 13.1 Å². The lowest BCUT2D eigenvalue weighted by Gasteiger charge is -2.22. The Labute approximate surface area is 184 Å². The summed E-state index contributed by atoms with van der Waals surface area (Å²) in [5.41, 5.74) is 2.08. The van der Waals surface area contributed by atoms with E-state index < -0.39 is 0 Å². The highest BCUT2D eigenvalue weighted by Crippen LogP contribution is 2.26. The van der Waals surface area contributed by atoms with Crippen molar-refractivity contribution in [1.82, 2.24) is 10.2 Å². The fourth-order valence-electron chi connectivity index (χ4n) is 3.91. The van der Waals surface area contributed by atoms with E-state index in [-0.39, 0.29) is 30.2 Å². The van der Waals surface area contributed by atoms with Gasteiger partial charge in [-0.15, -0.1) is 0 Å². The molecule has 1 aliphatic rings. The number of hydrogen-bond acceptors (Lipinski definition) is 4. The van der Waals surface area contributed by atoms with E-state index in [4.69, 9.17) is 9.47 Å². The van der Waals surface area contributed by atoms with Gasteiger partial charge >= 0.3 is 0 Å². The lowest BCUT2D eigenvalue weighted by molar-refractivity contribution is -0.129. The number of hydrogen-bond donors (Lipinski definition) is 1. The van der Waals surface area contributed by atoms with E-state index in [0.717, 1.165) is 41.9 Å². The molecule has 2 aromatic rings. The minimum Gasteiger partial charge on any atom is -0.497 e. The number of ether oxygens (including phenoxy) is 2. The Morgan fingerprint density at radius 2 is 1.68 bits per heavy atom. The summed E-state index contributed by atoms with van der Waals surface area (Å²) in [4.78, 5) is 27.3. The first-order chi connectivity index (χ1) is 15.0. The van der Waals surface area contributed by atoms with Crippen molar-refractivity contribution >= 4 is 11.8 Å². The summed E-state index contributed by atoms with van der Waals surface area (Å²) in [7, 11) is 3.27. The number of carbonyl (C=O) groups is 2. The van der Waals surface area contributed by atoms with Gasteiger partial charge in [-0.25, -0.2) is 0 Å². The average molecular weight is 425 g/mol. The summed E-state index contributed by atoms with van der Waals surface area (Å²) in [6.45, 7) is 3.09. The highest BCUT2D eigenvalue weighted by molar-refractivity contribution is 5.89. The quantitative estimate of drug-likeness (QED) is 0.624. The largest absolute Gasteiger partial charge is 0.497 e. The second-order valence-corrected chi connectivity index (χ2v) is 8.00. The molecule has 0 aromatic heterocycles. The summed E-state index contributed by atoms with van der Waals surface area (Å²) < 4.78 is 10.4. The molecule has 0 saturated carbocycles. The molecule has 6 nitrogen and oxygen atoms in total. The van der Waals surface area contributed by atoms with Crippen LogP contribution in [0.1, 0.15) is 49.8 Å². The fourth-order valence-corrected chi connectivity index (χ4v) is 3.91. The normalized spacial score (nSPS) is 16.8. The molecule has 1 aliphatic heterocycles. The molecule has 166 valence electrons. The monoisotopic (exact) mass is 424 g/mol. The third kappa shape index (κ3) is 6.00. The summed E-state index contributed by atoms with van der Waals surface area (Å²) in [5, 5.41) is 3.19. The van der Waals surface area contributed by atoms with Gasteiger partial charge in [0.2, 0.25) is 11.8 Å². The maximum absolute atomic E-state index is 13.0. The predicted molar refractivity (Wildman–Crippen MR) is 120 cm³/mol. The van der Waals surface area contributed by atoms with Gasteiger partial charge in [0.15, 0.2) is 0 Å². The van der Waals surface area contributed by atoms with E-state index in [1.165, 1.54) is 0 Å². The Bertz CT molecular complexity index is 864. The molecule has 0 spiro atoms. The molecule has 0 bridgehead atoms. The predicted octanol–water partition coefficient (Wildman–Crippen LogP) is 4.10. The molecule has 2 aromatic carbocycles. The van der Waals surface area contributed by atoms with Crippen LogP contribution in [0, 0.1) is 5.92 Å². The number of methoxy groups -OCH3 is 2. The highest BCUT2D eigenvalue weighted by Gasteiger charge is 2.35. The number of amides is 2. The first kappa shape index (κ1) is 22.7. The molecule has 31 heavy (non-hydrogen) atoms. The van der Waals surface area contributed by atoms with Gasteiger partial charge in [-0.3, -0.25) is 9.59 Å². The third-order valence-corrected chi connectivity index (χ3v) is 5.80. The summed E-state index contributed by atoms with van der Waals surface area (Å²) in [5.74, 6) is 1.21. The minimum atomic E-state index is -0.326. The van der Waals surface area contributed by atoms with Gasteiger partial charge in [-0.05, 0) is 41.8 Å². The summed E-state index contributed by atoms with van der Waals surface area (Å²) >= 11 is 0. The van der Waals surface area contributed by atoms with Gasteiger partial charge in [0.05, 0.1) is 26.2 Å². The van der Waals surface area contributed by atoms with Crippen molar-refractivity contribution < 1.29 is 19.1 Å². The number of carbonyl (C=O) groups excluding carboxylic acids is 2. The van der Waals surface area contributed by atoms with Crippen molar-refractivity contribution in [1.29, 1.82) is 0 Å². The Morgan fingerprint density at radius 3 is 2.26 bits per heavy atom. The van der Waals surface area contributed by atoms with Crippen molar-refractivity contribution in [3.8, 4) is 11.5 Å². The molecule has 1 fully saturated rings. The number of nitrogens with zero attached hydrogens (tertiary/aromatic N) is 1. The topological polar surface area (TPSA) is 67.9 Å². The van der Waals surface area contributed by atoms with Crippen LogP contribution in [0.25, 0.3) is 0 Å². The summed E-state index contributed by atoms with van der Waals surface area (Å²) in [6.07, 6.45) is 3.19.